The minimum atomic E-state index is -3.54. The van der Waals surface area contributed by atoms with Crippen molar-refractivity contribution in [3.8, 4) is 11.5 Å². The van der Waals surface area contributed by atoms with Crippen LogP contribution < -0.4 is 4.74 Å². The van der Waals surface area contributed by atoms with Crippen molar-refractivity contribution in [1.82, 2.24) is 4.31 Å². The van der Waals surface area contributed by atoms with Gasteiger partial charge in [-0.1, -0.05) is 29.8 Å². The Bertz CT molecular complexity index is 845. The Morgan fingerprint density at radius 1 is 1.07 bits per heavy atom. The van der Waals surface area contributed by atoms with Crippen LogP contribution in [0.5, 0.6) is 11.5 Å². The molecule has 0 aliphatic carbocycles. The number of hydrogen-bond acceptors (Lipinski definition) is 4. The number of halogens is 1. The molecule has 0 radical (unpaired) electrons. The van der Waals surface area contributed by atoms with E-state index in [1.807, 2.05) is 38.1 Å². The Morgan fingerprint density at radius 2 is 1.67 bits per heavy atom. The Labute approximate surface area is 170 Å². The zero-order valence-electron chi connectivity index (χ0n) is 15.9. The molecule has 0 amide bonds. The van der Waals surface area contributed by atoms with Crippen LogP contribution in [-0.4, -0.2) is 37.0 Å². The summed E-state index contributed by atoms with van der Waals surface area (Å²) < 4.78 is 33.9. The minimum absolute atomic E-state index is 0.00850. The summed E-state index contributed by atoms with van der Waals surface area (Å²) in [6.45, 7) is 6.53. The Hall–Kier alpha value is -1.57. The van der Waals surface area contributed by atoms with Gasteiger partial charge < -0.3 is 9.84 Å². The molecule has 2 aromatic carbocycles. The van der Waals surface area contributed by atoms with E-state index in [9.17, 15) is 13.5 Å². The molecular weight excluding hydrogens is 430 g/mol. The fourth-order valence-electron chi connectivity index (χ4n) is 2.83. The number of phenols is 1. The van der Waals surface area contributed by atoms with E-state index in [0.29, 0.717) is 31.5 Å². The molecule has 1 saturated heterocycles. The lowest BCUT2D eigenvalue weighted by Crippen LogP contribution is -2.41. The highest BCUT2D eigenvalue weighted by Crippen LogP contribution is 2.27. The zero-order chi connectivity index (χ0) is 20.0. The van der Waals surface area contributed by atoms with Crippen LogP contribution in [0.4, 0.5) is 0 Å². The largest absolute Gasteiger partial charge is 0.508 e. The van der Waals surface area contributed by atoms with E-state index in [1.165, 1.54) is 22.5 Å². The molecule has 5 nitrogen and oxygen atoms in total. The van der Waals surface area contributed by atoms with E-state index in [2.05, 4.69) is 15.9 Å². The number of sulfonamides is 1. The number of nitrogens with zero attached hydrogens (tertiary/aromatic N) is 1. The van der Waals surface area contributed by atoms with Gasteiger partial charge in [0.05, 0.1) is 4.90 Å². The van der Waals surface area contributed by atoms with Gasteiger partial charge in [0.1, 0.15) is 17.6 Å². The molecule has 0 aromatic heterocycles. The number of benzene rings is 2. The molecule has 0 saturated carbocycles. The van der Waals surface area contributed by atoms with Crippen LogP contribution in [0.3, 0.4) is 0 Å². The fraction of sp³-hybridized carbons (Fsp3) is 0.400. The normalized spacial score (nSPS) is 15.7. The van der Waals surface area contributed by atoms with Gasteiger partial charge in [0.15, 0.2) is 0 Å². The highest BCUT2D eigenvalue weighted by molar-refractivity contribution is 9.10. The van der Waals surface area contributed by atoms with E-state index in [-0.39, 0.29) is 16.7 Å². The van der Waals surface area contributed by atoms with Crippen LogP contribution in [0.25, 0.3) is 0 Å². The number of aryl methyl sites for hydroxylation is 1. The van der Waals surface area contributed by atoms with Crippen molar-refractivity contribution in [3.63, 3.8) is 0 Å². The van der Waals surface area contributed by atoms with E-state index in [0.717, 1.165) is 10.2 Å². The Kier molecular flexibility index (Phi) is 7.70. The SMILES string of the molecule is CC.Cc1cc(S(=O)(=O)N2CCC(Oc3ccc(Br)cc3)CC2)ccc1O. The Balaban J connectivity index is 0.00000126. The summed E-state index contributed by atoms with van der Waals surface area (Å²) in [5, 5.41) is 9.58. The van der Waals surface area contributed by atoms with Gasteiger partial charge in [0.25, 0.3) is 0 Å². The standard InChI is InChI=1S/C18H20BrNO4S.C2H6/c1-13-12-17(6-7-18(13)21)25(22,23)20-10-8-16(9-11-20)24-15-4-2-14(19)3-5-15;1-2/h2-7,12,16,21H,8-11H2,1H3;1-2H3. The summed E-state index contributed by atoms with van der Waals surface area (Å²) in [4.78, 5) is 0.218. The molecule has 1 fully saturated rings. The van der Waals surface area contributed by atoms with Crippen LogP contribution in [0, 0.1) is 6.92 Å². The van der Waals surface area contributed by atoms with Gasteiger partial charge in [-0.25, -0.2) is 8.42 Å². The minimum Gasteiger partial charge on any atom is -0.508 e. The number of hydrogen-bond donors (Lipinski definition) is 1. The molecule has 0 spiro atoms. The zero-order valence-corrected chi connectivity index (χ0v) is 18.3. The van der Waals surface area contributed by atoms with Gasteiger partial charge in [0, 0.05) is 17.6 Å². The van der Waals surface area contributed by atoms with Crippen molar-refractivity contribution in [2.45, 2.75) is 44.6 Å². The van der Waals surface area contributed by atoms with Crippen molar-refractivity contribution >= 4 is 26.0 Å². The summed E-state index contributed by atoms with van der Waals surface area (Å²) in [7, 11) is -3.54. The molecule has 2 aromatic rings. The molecule has 27 heavy (non-hydrogen) atoms. The van der Waals surface area contributed by atoms with Gasteiger partial charge in [-0.2, -0.15) is 4.31 Å². The lowest BCUT2D eigenvalue weighted by molar-refractivity contribution is 0.135. The van der Waals surface area contributed by atoms with Crippen molar-refractivity contribution in [1.29, 1.82) is 0 Å². The molecule has 1 N–H and O–H groups in total. The first-order valence-electron chi connectivity index (χ1n) is 9.08. The predicted molar refractivity (Wildman–Crippen MR) is 111 cm³/mol. The first-order valence-corrected chi connectivity index (χ1v) is 11.3. The number of rotatable bonds is 4. The second-order valence-electron chi connectivity index (χ2n) is 6.12. The monoisotopic (exact) mass is 455 g/mol. The van der Waals surface area contributed by atoms with Gasteiger partial charge >= 0.3 is 0 Å². The number of ether oxygens (including phenoxy) is 1. The number of aromatic hydroxyl groups is 1. The lowest BCUT2D eigenvalue weighted by Gasteiger charge is -2.31. The first kappa shape index (κ1) is 21.7. The van der Waals surface area contributed by atoms with E-state index in [1.54, 1.807) is 6.92 Å². The second kappa shape index (κ2) is 9.57. The van der Waals surface area contributed by atoms with Crippen LogP contribution in [0.2, 0.25) is 0 Å². The topological polar surface area (TPSA) is 66.8 Å². The lowest BCUT2D eigenvalue weighted by atomic mass is 10.1. The third-order valence-corrected chi connectivity index (χ3v) is 6.75. The molecule has 0 unspecified atom stereocenters. The van der Waals surface area contributed by atoms with Crippen molar-refractivity contribution < 1.29 is 18.3 Å². The van der Waals surface area contributed by atoms with Crippen molar-refractivity contribution in [3.05, 3.63) is 52.5 Å². The fourth-order valence-corrected chi connectivity index (χ4v) is 4.65. The van der Waals surface area contributed by atoms with Crippen LogP contribution in [0.1, 0.15) is 32.3 Å². The van der Waals surface area contributed by atoms with Crippen molar-refractivity contribution in [2.75, 3.05) is 13.1 Å². The highest BCUT2D eigenvalue weighted by atomic mass is 79.9. The van der Waals surface area contributed by atoms with Gasteiger partial charge in [0.2, 0.25) is 10.0 Å². The maximum absolute atomic E-state index is 12.8. The summed E-state index contributed by atoms with van der Waals surface area (Å²) in [6, 6.07) is 12.0. The summed E-state index contributed by atoms with van der Waals surface area (Å²) in [6.07, 6.45) is 1.30. The quantitative estimate of drug-likeness (QED) is 0.723. The molecule has 1 aliphatic heterocycles. The molecule has 148 valence electrons. The van der Waals surface area contributed by atoms with E-state index < -0.39 is 10.0 Å². The molecular formula is C20H26BrNO4S. The number of phenolic OH excluding ortho intramolecular Hbond substituents is 1. The first-order chi connectivity index (χ1) is 12.9. The summed E-state index contributed by atoms with van der Waals surface area (Å²) >= 11 is 3.39. The molecule has 7 heteroatoms. The summed E-state index contributed by atoms with van der Waals surface area (Å²) in [5.74, 6) is 0.888. The molecule has 1 aliphatic rings. The second-order valence-corrected chi connectivity index (χ2v) is 8.98. The number of piperidine rings is 1. The molecule has 0 atom stereocenters. The molecule has 1 heterocycles. The van der Waals surface area contributed by atoms with Crippen molar-refractivity contribution in [2.24, 2.45) is 0 Å². The predicted octanol–water partition coefficient (Wildman–Crippen LogP) is 4.72. The molecule has 3 rings (SSSR count). The van der Waals surface area contributed by atoms with E-state index >= 15 is 0 Å². The van der Waals surface area contributed by atoms with E-state index in [4.69, 9.17) is 4.74 Å². The van der Waals surface area contributed by atoms with Gasteiger partial charge in [-0.3, -0.25) is 0 Å². The third kappa shape index (κ3) is 5.46. The average molecular weight is 456 g/mol. The van der Waals surface area contributed by atoms with Crippen LogP contribution in [0.15, 0.2) is 51.8 Å². The maximum atomic E-state index is 12.8. The highest BCUT2D eigenvalue weighted by Gasteiger charge is 2.30. The van der Waals surface area contributed by atoms with Crippen LogP contribution >= 0.6 is 15.9 Å². The smallest absolute Gasteiger partial charge is 0.243 e. The summed E-state index contributed by atoms with van der Waals surface area (Å²) in [5.41, 5.74) is 0.550. The van der Waals surface area contributed by atoms with Gasteiger partial charge in [-0.15, -0.1) is 0 Å². The maximum Gasteiger partial charge on any atom is 0.243 e. The Morgan fingerprint density at radius 3 is 2.22 bits per heavy atom. The average Bonchev–Trinajstić information content (AvgIpc) is 2.68. The third-order valence-electron chi connectivity index (χ3n) is 4.32. The molecule has 0 bridgehead atoms. The van der Waals surface area contributed by atoms with Crippen LogP contribution in [-0.2, 0) is 10.0 Å². The van der Waals surface area contributed by atoms with Gasteiger partial charge in [-0.05, 0) is 67.8 Å².